The van der Waals surface area contributed by atoms with Crippen molar-refractivity contribution in [2.24, 2.45) is 5.92 Å². The summed E-state index contributed by atoms with van der Waals surface area (Å²) >= 11 is 0. The molecule has 3 nitrogen and oxygen atoms in total. The van der Waals surface area contributed by atoms with Crippen LogP contribution >= 0.6 is 0 Å². The highest BCUT2D eigenvalue weighted by Gasteiger charge is 2.31. The lowest BCUT2D eigenvalue weighted by Crippen LogP contribution is -2.62. The van der Waals surface area contributed by atoms with Gasteiger partial charge in [0.25, 0.3) is 0 Å². The van der Waals surface area contributed by atoms with Gasteiger partial charge in [-0.25, -0.2) is 10.9 Å². The molecule has 0 aromatic carbocycles. The Hall–Kier alpha value is -0.120. The molecule has 1 aliphatic heterocycles. The molecule has 2 rings (SSSR count). The molecule has 0 aromatic rings. The molecule has 3 heteroatoms. The Morgan fingerprint density at radius 1 is 1.09 bits per heavy atom. The largest absolute Gasteiger partial charge is 0.239 e. The van der Waals surface area contributed by atoms with Gasteiger partial charge < -0.3 is 0 Å². The molecule has 2 atom stereocenters. The molecule has 11 heavy (non-hydrogen) atoms. The van der Waals surface area contributed by atoms with Gasteiger partial charge in [0.2, 0.25) is 0 Å². The Balaban J connectivity index is 2.00. The van der Waals surface area contributed by atoms with E-state index in [1.54, 1.807) is 0 Å². The molecule has 0 radical (unpaired) electrons. The summed E-state index contributed by atoms with van der Waals surface area (Å²) in [6, 6.07) is 1.44. The molecular weight excluding hydrogens is 138 g/mol. The monoisotopic (exact) mass is 155 g/mol. The van der Waals surface area contributed by atoms with Crippen LogP contribution in [0, 0.1) is 5.92 Å². The molecule has 2 fully saturated rings. The highest BCUT2D eigenvalue weighted by molar-refractivity contribution is 4.86. The second-order valence-electron chi connectivity index (χ2n) is 4.02. The minimum Gasteiger partial charge on any atom is -0.239 e. The van der Waals surface area contributed by atoms with E-state index in [9.17, 15) is 0 Å². The van der Waals surface area contributed by atoms with Gasteiger partial charge in [0.1, 0.15) is 0 Å². The van der Waals surface area contributed by atoms with Crippen LogP contribution in [0.3, 0.4) is 0 Å². The van der Waals surface area contributed by atoms with Gasteiger partial charge in [0, 0.05) is 19.1 Å². The van der Waals surface area contributed by atoms with Gasteiger partial charge in [0.15, 0.2) is 0 Å². The molecule has 0 spiro atoms. The fourth-order valence-electron chi connectivity index (χ4n) is 2.40. The van der Waals surface area contributed by atoms with E-state index in [0.29, 0.717) is 0 Å². The molecule has 1 saturated heterocycles. The molecule has 2 bridgehead atoms. The summed E-state index contributed by atoms with van der Waals surface area (Å²) in [7, 11) is 2.05. The van der Waals surface area contributed by atoms with Crippen LogP contribution in [0.25, 0.3) is 0 Å². The van der Waals surface area contributed by atoms with Crippen molar-refractivity contribution < 1.29 is 0 Å². The van der Waals surface area contributed by atoms with Crippen LogP contribution in [-0.2, 0) is 0 Å². The third kappa shape index (κ3) is 1.55. The first-order valence-corrected chi connectivity index (χ1v) is 4.50. The number of hydrogen-bond acceptors (Lipinski definition) is 3. The van der Waals surface area contributed by atoms with Crippen molar-refractivity contribution in [1.82, 2.24) is 16.0 Å². The molecule has 0 aromatic heterocycles. The topological polar surface area (TPSA) is 27.3 Å². The number of rotatable bonds is 0. The zero-order valence-electron chi connectivity index (χ0n) is 7.30. The van der Waals surface area contributed by atoms with Crippen LogP contribution in [0.2, 0.25) is 0 Å². The van der Waals surface area contributed by atoms with Crippen molar-refractivity contribution in [3.8, 4) is 0 Å². The van der Waals surface area contributed by atoms with Crippen LogP contribution < -0.4 is 10.9 Å². The van der Waals surface area contributed by atoms with E-state index < -0.39 is 0 Å². The minimum atomic E-state index is 0.718. The number of hydrazine groups is 2. The third-order valence-corrected chi connectivity index (χ3v) is 2.70. The fourth-order valence-corrected chi connectivity index (χ4v) is 2.40. The van der Waals surface area contributed by atoms with Crippen LogP contribution in [0.1, 0.15) is 26.2 Å². The standard InChI is InChI=1S/C8H17N3/c1-6-3-7-5-8(4-6)10-11(2)9-7/h6-10H,3-5H2,1-2H3. The molecule has 1 heterocycles. The number of fused-ring (bicyclic) bond motifs is 2. The van der Waals surface area contributed by atoms with Gasteiger partial charge in [-0.15, -0.1) is 0 Å². The van der Waals surface area contributed by atoms with Crippen molar-refractivity contribution in [3.63, 3.8) is 0 Å². The number of nitrogens with one attached hydrogen (secondary N) is 2. The third-order valence-electron chi connectivity index (χ3n) is 2.70. The predicted octanol–water partition coefficient (Wildman–Crippen LogP) is 0.498. The first-order chi connectivity index (χ1) is 5.24. The van der Waals surface area contributed by atoms with E-state index in [-0.39, 0.29) is 0 Å². The van der Waals surface area contributed by atoms with E-state index in [2.05, 4.69) is 24.8 Å². The van der Waals surface area contributed by atoms with Gasteiger partial charge >= 0.3 is 0 Å². The molecule has 0 amide bonds. The van der Waals surface area contributed by atoms with Gasteiger partial charge in [-0.05, 0) is 25.2 Å². The Labute approximate surface area is 68.1 Å². The molecule has 64 valence electrons. The smallest absolute Gasteiger partial charge is 0.0246 e. The molecule has 2 N–H and O–H groups in total. The second kappa shape index (κ2) is 2.73. The zero-order valence-corrected chi connectivity index (χ0v) is 7.30. The Kier molecular flexibility index (Phi) is 1.87. The summed E-state index contributed by atoms with van der Waals surface area (Å²) in [6.07, 6.45) is 3.97. The van der Waals surface area contributed by atoms with Crippen LogP contribution in [0.4, 0.5) is 0 Å². The lowest BCUT2D eigenvalue weighted by molar-refractivity contribution is 0.0113. The van der Waals surface area contributed by atoms with E-state index >= 15 is 0 Å². The average molecular weight is 155 g/mol. The molecule has 1 saturated carbocycles. The zero-order chi connectivity index (χ0) is 7.84. The van der Waals surface area contributed by atoms with Gasteiger partial charge in [-0.1, -0.05) is 6.92 Å². The molecular formula is C8H17N3. The van der Waals surface area contributed by atoms with Crippen molar-refractivity contribution in [2.45, 2.75) is 38.3 Å². The lowest BCUT2D eigenvalue weighted by Gasteiger charge is -2.43. The van der Waals surface area contributed by atoms with E-state index in [4.69, 9.17) is 0 Å². The van der Waals surface area contributed by atoms with Gasteiger partial charge in [-0.2, -0.15) is 5.12 Å². The highest BCUT2D eigenvalue weighted by atomic mass is 15.7. The average Bonchev–Trinajstić information content (AvgIpc) is 1.82. The Bertz CT molecular complexity index is 115. The summed E-state index contributed by atoms with van der Waals surface area (Å²) in [5.41, 5.74) is 6.80. The van der Waals surface area contributed by atoms with Crippen molar-refractivity contribution in [3.05, 3.63) is 0 Å². The van der Waals surface area contributed by atoms with Crippen LogP contribution in [0.15, 0.2) is 0 Å². The normalized spacial score (nSPS) is 45.8. The summed E-state index contributed by atoms with van der Waals surface area (Å²) < 4.78 is 0. The second-order valence-corrected chi connectivity index (χ2v) is 4.02. The van der Waals surface area contributed by atoms with Crippen molar-refractivity contribution in [2.75, 3.05) is 7.05 Å². The quantitative estimate of drug-likeness (QED) is 0.533. The van der Waals surface area contributed by atoms with Gasteiger partial charge in [0.05, 0.1) is 0 Å². The first-order valence-electron chi connectivity index (χ1n) is 4.50. The summed E-state index contributed by atoms with van der Waals surface area (Å²) in [5, 5.41) is 2.02. The molecule has 1 aliphatic carbocycles. The maximum atomic E-state index is 3.40. The summed E-state index contributed by atoms with van der Waals surface area (Å²) in [6.45, 7) is 2.34. The SMILES string of the molecule is CC1CC2CC(C1)NN(C)N2. The maximum Gasteiger partial charge on any atom is 0.0246 e. The van der Waals surface area contributed by atoms with Gasteiger partial charge in [-0.3, -0.25) is 0 Å². The molecule has 2 unspecified atom stereocenters. The maximum absolute atomic E-state index is 3.40. The summed E-state index contributed by atoms with van der Waals surface area (Å²) in [4.78, 5) is 0. The lowest BCUT2D eigenvalue weighted by atomic mass is 9.83. The number of hydrogen-bond donors (Lipinski definition) is 2. The van der Waals surface area contributed by atoms with Crippen molar-refractivity contribution in [1.29, 1.82) is 0 Å². The van der Waals surface area contributed by atoms with Crippen molar-refractivity contribution >= 4 is 0 Å². The predicted molar refractivity (Wildman–Crippen MR) is 44.6 cm³/mol. The van der Waals surface area contributed by atoms with E-state index in [0.717, 1.165) is 18.0 Å². The minimum absolute atomic E-state index is 0.718. The fraction of sp³-hybridized carbons (Fsp3) is 1.00. The summed E-state index contributed by atoms with van der Waals surface area (Å²) in [5.74, 6) is 0.882. The Morgan fingerprint density at radius 2 is 1.64 bits per heavy atom. The molecule has 2 aliphatic rings. The first kappa shape index (κ1) is 7.53. The van der Waals surface area contributed by atoms with E-state index in [1.807, 2.05) is 5.12 Å². The van der Waals surface area contributed by atoms with Crippen LogP contribution in [0.5, 0.6) is 0 Å². The van der Waals surface area contributed by atoms with E-state index in [1.165, 1.54) is 19.3 Å². The van der Waals surface area contributed by atoms with Crippen LogP contribution in [-0.4, -0.2) is 24.2 Å². The number of nitrogens with zero attached hydrogens (tertiary/aromatic N) is 1. The highest BCUT2D eigenvalue weighted by Crippen LogP contribution is 2.26. The Morgan fingerprint density at radius 3 is 2.18 bits per heavy atom.